The van der Waals surface area contributed by atoms with Crippen LogP contribution in [0.2, 0.25) is 0 Å². The second-order valence-electron chi connectivity index (χ2n) is 6.46. The summed E-state index contributed by atoms with van der Waals surface area (Å²) in [6, 6.07) is -0.660. The number of aromatic nitrogens is 3. The number of rotatable bonds is 10. The fraction of sp³-hybridized carbons (Fsp3) is 0.824. The topological polar surface area (TPSA) is 66.4 Å². The van der Waals surface area contributed by atoms with Crippen molar-refractivity contribution >= 4 is 0 Å². The first-order valence-electron chi connectivity index (χ1n) is 9.10. The maximum atomic E-state index is 12.3. The molecule has 26 heavy (non-hydrogen) atoms. The molecule has 2 rings (SSSR count). The number of hydrogen-bond acceptors (Lipinski definition) is 6. The van der Waals surface area contributed by atoms with E-state index in [1.54, 1.807) is 6.92 Å². The zero-order chi connectivity index (χ0) is 19.0. The van der Waals surface area contributed by atoms with Crippen molar-refractivity contribution in [2.24, 2.45) is 11.8 Å². The third-order valence-electron chi connectivity index (χ3n) is 4.43. The van der Waals surface area contributed by atoms with Crippen LogP contribution < -0.4 is 14.2 Å². The Labute approximate surface area is 151 Å². The number of halogens is 3. The van der Waals surface area contributed by atoms with Crippen LogP contribution in [0.1, 0.15) is 52.4 Å². The summed E-state index contributed by atoms with van der Waals surface area (Å²) in [6.07, 6.45) is 2.50. The summed E-state index contributed by atoms with van der Waals surface area (Å²) >= 11 is 0. The zero-order valence-electron chi connectivity index (χ0n) is 15.2. The Hall–Kier alpha value is -1.80. The van der Waals surface area contributed by atoms with E-state index in [2.05, 4.69) is 26.6 Å². The quantitative estimate of drug-likeness (QED) is 0.570. The summed E-state index contributed by atoms with van der Waals surface area (Å²) in [5.74, 6) is 1.57. The molecule has 1 aliphatic carbocycles. The van der Waals surface area contributed by atoms with Crippen LogP contribution in [0.3, 0.4) is 0 Å². The van der Waals surface area contributed by atoms with E-state index in [9.17, 15) is 13.2 Å². The van der Waals surface area contributed by atoms with Crippen LogP contribution in [0.25, 0.3) is 0 Å². The Morgan fingerprint density at radius 2 is 1.54 bits per heavy atom. The molecule has 1 aromatic heterocycles. The summed E-state index contributed by atoms with van der Waals surface area (Å²) in [5.41, 5.74) is 0. The minimum absolute atomic E-state index is 0.0847. The molecule has 148 valence electrons. The van der Waals surface area contributed by atoms with Crippen molar-refractivity contribution in [3.05, 3.63) is 0 Å². The van der Waals surface area contributed by atoms with Gasteiger partial charge in [0.2, 0.25) is 0 Å². The summed E-state index contributed by atoms with van der Waals surface area (Å²) in [4.78, 5) is 11.4. The molecular weight excluding hydrogens is 351 g/mol. The summed E-state index contributed by atoms with van der Waals surface area (Å²) < 4.78 is 52.0. The highest BCUT2D eigenvalue weighted by Crippen LogP contribution is 2.35. The van der Waals surface area contributed by atoms with Gasteiger partial charge in [-0.3, -0.25) is 0 Å². The van der Waals surface area contributed by atoms with Gasteiger partial charge in [0.05, 0.1) is 13.2 Å². The lowest BCUT2D eigenvalue weighted by atomic mass is 9.99. The average molecular weight is 377 g/mol. The van der Waals surface area contributed by atoms with Crippen molar-refractivity contribution in [3.8, 4) is 18.0 Å². The molecule has 0 radical (unpaired) electrons. The van der Waals surface area contributed by atoms with Gasteiger partial charge < -0.3 is 14.2 Å². The van der Waals surface area contributed by atoms with Gasteiger partial charge in [0, 0.05) is 0 Å². The number of ether oxygens (including phenoxy) is 3. The first-order chi connectivity index (χ1) is 12.4. The lowest BCUT2D eigenvalue weighted by Gasteiger charge is -2.12. The highest BCUT2D eigenvalue weighted by atomic mass is 19.4. The van der Waals surface area contributed by atoms with Gasteiger partial charge in [0.25, 0.3) is 0 Å². The van der Waals surface area contributed by atoms with Crippen LogP contribution in [0, 0.1) is 11.8 Å². The molecule has 2 atom stereocenters. The summed E-state index contributed by atoms with van der Waals surface area (Å²) in [6.45, 7) is 3.11. The summed E-state index contributed by atoms with van der Waals surface area (Å²) in [7, 11) is 0. The van der Waals surface area contributed by atoms with Gasteiger partial charge in [-0.15, -0.1) is 15.0 Å². The monoisotopic (exact) mass is 377 g/mol. The predicted molar refractivity (Wildman–Crippen MR) is 88.4 cm³/mol. The largest absolute Gasteiger partial charge is 0.464 e. The van der Waals surface area contributed by atoms with E-state index in [1.165, 1.54) is 25.7 Å². The SMILES string of the molecule is CCOc1nc(OCCCC2CCC(CC)C2)nc(OCC(F)(F)F)n1. The van der Waals surface area contributed by atoms with Gasteiger partial charge in [0.15, 0.2) is 6.61 Å². The fourth-order valence-corrected chi connectivity index (χ4v) is 3.14. The first kappa shape index (κ1) is 20.5. The highest BCUT2D eigenvalue weighted by molar-refractivity contribution is 5.09. The Kier molecular flexibility index (Phi) is 7.71. The highest BCUT2D eigenvalue weighted by Gasteiger charge is 2.29. The van der Waals surface area contributed by atoms with E-state index in [0.717, 1.165) is 24.7 Å². The molecule has 1 aromatic rings. The minimum Gasteiger partial charge on any atom is -0.464 e. The average Bonchev–Trinajstić information content (AvgIpc) is 3.05. The number of nitrogens with zero attached hydrogens (tertiary/aromatic N) is 3. The molecule has 0 bridgehead atoms. The molecule has 1 saturated carbocycles. The zero-order valence-corrected chi connectivity index (χ0v) is 15.2. The Balaban J connectivity index is 1.83. The molecule has 0 amide bonds. The second kappa shape index (κ2) is 9.78. The Morgan fingerprint density at radius 3 is 2.12 bits per heavy atom. The van der Waals surface area contributed by atoms with Crippen LogP contribution in [0.5, 0.6) is 18.0 Å². The standard InChI is InChI=1S/C17H26F3N3O3/c1-3-12-7-8-13(10-12)6-5-9-25-15-21-14(24-4-2)22-16(23-15)26-11-17(18,19)20/h12-13H,3-11H2,1-2H3. The van der Waals surface area contributed by atoms with Crippen molar-refractivity contribution < 1.29 is 27.4 Å². The molecule has 0 spiro atoms. The first-order valence-corrected chi connectivity index (χ1v) is 9.10. The summed E-state index contributed by atoms with van der Waals surface area (Å²) in [5, 5.41) is 0. The van der Waals surface area contributed by atoms with E-state index in [0.29, 0.717) is 6.61 Å². The maximum Gasteiger partial charge on any atom is 0.422 e. The maximum absolute atomic E-state index is 12.3. The van der Waals surface area contributed by atoms with Crippen LogP contribution >= 0.6 is 0 Å². The van der Waals surface area contributed by atoms with Crippen molar-refractivity contribution in [2.45, 2.75) is 58.5 Å². The molecule has 0 saturated heterocycles. The molecule has 0 aliphatic heterocycles. The Bertz CT molecular complexity index is 558. The molecule has 0 N–H and O–H groups in total. The van der Waals surface area contributed by atoms with Crippen molar-refractivity contribution in [1.29, 1.82) is 0 Å². The molecule has 1 fully saturated rings. The lowest BCUT2D eigenvalue weighted by Crippen LogP contribution is -2.20. The van der Waals surface area contributed by atoms with Gasteiger partial charge in [-0.25, -0.2) is 0 Å². The Morgan fingerprint density at radius 1 is 0.923 bits per heavy atom. The van der Waals surface area contributed by atoms with E-state index < -0.39 is 18.8 Å². The number of hydrogen-bond donors (Lipinski definition) is 0. The predicted octanol–water partition coefficient (Wildman–Crippen LogP) is 4.20. The van der Waals surface area contributed by atoms with E-state index in [1.807, 2.05) is 0 Å². The van der Waals surface area contributed by atoms with E-state index >= 15 is 0 Å². The van der Waals surface area contributed by atoms with Gasteiger partial charge in [-0.05, 0) is 38.0 Å². The molecule has 1 aliphatic rings. The second-order valence-corrected chi connectivity index (χ2v) is 6.46. The smallest absolute Gasteiger partial charge is 0.422 e. The van der Waals surface area contributed by atoms with Crippen molar-refractivity contribution in [1.82, 2.24) is 15.0 Å². The van der Waals surface area contributed by atoms with Gasteiger partial charge in [0.1, 0.15) is 0 Å². The van der Waals surface area contributed by atoms with Crippen LogP contribution in [0.4, 0.5) is 13.2 Å². The van der Waals surface area contributed by atoms with Gasteiger partial charge in [-0.1, -0.05) is 26.2 Å². The van der Waals surface area contributed by atoms with Gasteiger partial charge >= 0.3 is 24.2 Å². The number of alkyl halides is 3. The molecular formula is C17H26F3N3O3. The molecule has 2 unspecified atom stereocenters. The van der Waals surface area contributed by atoms with Crippen LogP contribution in [-0.2, 0) is 0 Å². The minimum atomic E-state index is -4.48. The molecule has 0 aromatic carbocycles. The molecule has 6 nitrogen and oxygen atoms in total. The lowest BCUT2D eigenvalue weighted by molar-refractivity contribution is -0.154. The van der Waals surface area contributed by atoms with Crippen LogP contribution in [-0.4, -0.2) is 40.9 Å². The van der Waals surface area contributed by atoms with Crippen LogP contribution in [0.15, 0.2) is 0 Å². The van der Waals surface area contributed by atoms with E-state index in [-0.39, 0.29) is 18.6 Å². The normalized spacial score (nSPS) is 20.2. The third kappa shape index (κ3) is 7.21. The van der Waals surface area contributed by atoms with Gasteiger partial charge in [-0.2, -0.15) is 13.2 Å². The van der Waals surface area contributed by atoms with Crippen molar-refractivity contribution in [3.63, 3.8) is 0 Å². The molecule has 9 heteroatoms. The van der Waals surface area contributed by atoms with Crippen molar-refractivity contribution in [2.75, 3.05) is 19.8 Å². The fourth-order valence-electron chi connectivity index (χ4n) is 3.14. The van der Waals surface area contributed by atoms with E-state index in [4.69, 9.17) is 9.47 Å². The third-order valence-corrected chi connectivity index (χ3v) is 4.43. The molecule has 1 heterocycles.